The first-order valence-corrected chi connectivity index (χ1v) is 8.12. The molecule has 0 amide bonds. The molecular formula is C11H11BrN2O2S2. The van der Waals surface area contributed by atoms with Crippen molar-refractivity contribution in [1.82, 2.24) is 0 Å². The zero-order valence-electron chi connectivity index (χ0n) is 9.48. The van der Waals surface area contributed by atoms with Crippen molar-refractivity contribution in [1.29, 1.82) is 0 Å². The molecule has 0 saturated carbocycles. The third kappa shape index (κ3) is 2.68. The van der Waals surface area contributed by atoms with Crippen LogP contribution in [0.1, 0.15) is 5.56 Å². The van der Waals surface area contributed by atoms with Crippen molar-refractivity contribution in [3.8, 4) is 0 Å². The number of halogens is 1. The van der Waals surface area contributed by atoms with Crippen molar-refractivity contribution in [2.24, 2.45) is 0 Å². The van der Waals surface area contributed by atoms with Crippen LogP contribution in [0.5, 0.6) is 0 Å². The molecule has 0 unspecified atom stereocenters. The minimum atomic E-state index is -3.58. The molecule has 7 heteroatoms. The second-order valence-electron chi connectivity index (χ2n) is 3.70. The molecule has 0 atom stereocenters. The number of benzene rings is 1. The summed E-state index contributed by atoms with van der Waals surface area (Å²) in [6, 6.07) is 8.49. The van der Waals surface area contributed by atoms with Gasteiger partial charge in [-0.1, -0.05) is 12.1 Å². The summed E-state index contributed by atoms with van der Waals surface area (Å²) in [7, 11) is -3.58. The number of hydrogen-bond acceptors (Lipinski definition) is 4. The smallest absolute Gasteiger partial charge is 0.271 e. The van der Waals surface area contributed by atoms with Crippen LogP contribution in [0, 0.1) is 6.92 Å². The molecule has 0 aliphatic heterocycles. The van der Waals surface area contributed by atoms with E-state index in [0.29, 0.717) is 11.4 Å². The zero-order valence-corrected chi connectivity index (χ0v) is 12.7. The molecule has 0 bridgehead atoms. The van der Waals surface area contributed by atoms with Crippen molar-refractivity contribution >= 4 is 48.7 Å². The number of nitrogen functional groups attached to an aromatic ring is 1. The lowest BCUT2D eigenvalue weighted by Crippen LogP contribution is -2.13. The highest BCUT2D eigenvalue weighted by Crippen LogP contribution is 2.30. The molecule has 0 saturated heterocycles. The van der Waals surface area contributed by atoms with E-state index in [1.165, 1.54) is 0 Å². The summed E-state index contributed by atoms with van der Waals surface area (Å²) in [5.41, 5.74) is 7.41. The average Bonchev–Trinajstić information content (AvgIpc) is 2.71. The number of hydrogen-bond donors (Lipinski definition) is 2. The van der Waals surface area contributed by atoms with Gasteiger partial charge in [-0.3, -0.25) is 4.72 Å². The Balaban J connectivity index is 2.40. The fourth-order valence-corrected chi connectivity index (χ4v) is 4.63. The first kappa shape index (κ1) is 13.4. The van der Waals surface area contributed by atoms with E-state index in [4.69, 9.17) is 5.73 Å². The van der Waals surface area contributed by atoms with E-state index in [1.807, 2.05) is 0 Å². The molecule has 2 rings (SSSR count). The van der Waals surface area contributed by atoms with E-state index in [2.05, 4.69) is 20.7 Å². The molecule has 0 spiro atoms. The van der Waals surface area contributed by atoms with Crippen molar-refractivity contribution < 1.29 is 8.42 Å². The highest BCUT2D eigenvalue weighted by atomic mass is 79.9. The Morgan fingerprint density at radius 2 is 2.00 bits per heavy atom. The summed E-state index contributed by atoms with van der Waals surface area (Å²) < 4.78 is 27.8. The molecule has 0 aliphatic carbocycles. The van der Waals surface area contributed by atoms with Crippen LogP contribution in [0.15, 0.2) is 38.3 Å². The standard InChI is InChI=1S/C11H11BrN2O2S2/c1-7-3-2-4-8(13)11(7)14-18(15,16)10-6-5-9(12)17-10/h2-6,14H,13H2,1H3. The van der Waals surface area contributed by atoms with Gasteiger partial charge in [-0.05, 0) is 46.6 Å². The second-order valence-corrected chi connectivity index (χ2v) is 8.08. The van der Waals surface area contributed by atoms with Crippen molar-refractivity contribution in [2.45, 2.75) is 11.1 Å². The minimum absolute atomic E-state index is 0.247. The van der Waals surface area contributed by atoms with Crippen molar-refractivity contribution in [3.63, 3.8) is 0 Å². The zero-order chi connectivity index (χ0) is 13.3. The maximum absolute atomic E-state index is 12.1. The number of nitrogens with two attached hydrogens (primary N) is 1. The van der Waals surface area contributed by atoms with Crippen LogP contribution in [0.4, 0.5) is 11.4 Å². The number of sulfonamides is 1. The third-order valence-electron chi connectivity index (χ3n) is 2.35. The van der Waals surface area contributed by atoms with Gasteiger partial charge in [-0.25, -0.2) is 8.42 Å². The summed E-state index contributed by atoms with van der Waals surface area (Å²) >= 11 is 4.39. The van der Waals surface area contributed by atoms with E-state index in [1.54, 1.807) is 37.3 Å². The Labute approximate surface area is 118 Å². The molecule has 1 aromatic carbocycles. The summed E-state index contributed by atoms with van der Waals surface area (Å²) in [5.74, 6) is 0. The van der Waals surface area contributed by atoms with E-state index in [-0.39, 0.29) is 4.21 Å². The third-order valence-corrected chi connectivity index (χ3v) is 5.82. The predicted octanol–water partition coefficient (Wildman–Crippen LogP) is 3.20. The normalized spacial score (nSPS) is 11.4. The molecule has 2 aromatic rings. The van der Waals surface area contributed by atoms with Gasteiger partial charge in [0.05, 0.1) is 15.2 Å². The van der Waals surface area contributed by atoms with Crippen molar-refractivity contribution in [2.75, 3.05) is 10.5 Å². The van der Waals surface area contributed by atoms with Crippen LogP contribution in [-0.2, 0) is 10.0 Å². The molecule has 96 valence electrons. The van der Waals surface area contributed by atoms with Gasteiger partial charge >= 0.3 is 0 Å². The molecule has 1 heterocycles. The molecule has 4 nitrogen and oxygen atoms in total. The first-order valence-electron chi connectivity index (χ1n) is 5.03. The molecule has 0 radical (unpaired) electrons. The lowest BCUT2D eigenvalue weighted by molar-refractivity contribution is 0.603. The van der Waals surface area contributed by atoms with E-state index < -0.39 is 10.0 Å². The number of aryl methyl sites for hydroxylation is 1. The highest BCUT2D eigenvalue weighted by Gasteiger charge is 2.18. The van der Waals surface area contributed by atoms with Gasteiger partial charge in [-0.2, -0.15) is 0 Å². The van der Waals surface area contributed by atoms with Gasteiger partial charge in [0.1, 0.15) is 4.21 Å². The Hall–Kier alpha value is -1.05. The van der Waals surface area contributed by atoms with Crippen LogP contribution < -0.4 is 10.5 Å². The van der Waals surface area contributed by atoms with E-state index >= 15 is 0 Å². The topological polar surface area (TPSA) is 72.2 Å². The monoisotopic (exact) mass is 346 g/mol. The van der Waals surface area contributed by atoms with Gasteiger partial charge < -0.3 is 5.73 Å². The average molecular weight is 347 g/mol. The molecule has 1 aromatic heterocycles. The Bertz CT molecular complexity index is 660. The molecule has 18 heavy (non-hydrogen) atoms. The highest BCUT2D eigenvalue weighted by molar-refractivity contribution is 9.11. The molecule has 3 N–H and O–H groups in total. The first-order chi connectivity index (χ1) is 8.40. The van der Waals surface area contributed by atoms with E-state index in [0.717, 1.165) is 20.7 Å². The molecule has 0 aliphatic rings. The summed E-state index contributed by atoms with van der Waals surface area (Å²) in [5, 5.41) is 0. The number of rotatable bonds is 3. The van der Waals surface area contributed by atoms with Gasteiger partial charge in [0.2, 0.25) is 0 Å². The van der Waals surface area contributed by atoms with Crippen LogP contribution in [0.3, 0.4) is 0 Å². The summed E-state index contributed by atoms with van der Waals surface area (Å²) in [6.07, 6.45) is 0. The SMILES string of the molecule is Cc1cccc(N)c1NS(=O)(=O)c1ccc(Br)s1. The maximum Gasteiger partial charge on any atom is 0.271 e. The number of para-hydroxylation sites is 1. The molecular weight excluding hydrogens is 336 g/mol. The largest absolute Gasteiger partial charge is 0.397 e. The van der Waals surface area contributed by atoms with Crippen molar-refractivity contribution in [3.05, 3.63) is 39.7 Å². The maximum atomic E-state index is 12.1. The summed E-state index contributed by atoms with van der Waals surface area (Å²) in [4.78, 5) is 0. The second kappa shape index (κ2) is 4.91. The predicted molar refractivity (Wildman–Crippen MR) is 78.4 cm³/mol. The Morgan fingerprint density at radius 1 is 1.28 bits per heavy atom. The fraction of sp³-hybridized carbons (Fsp3) is 0.0909. The van der Waals surface area contributed by atoms with Gasteiger partial charge in [0.25, 0.3) is 10.0 Å². The van der Waals surface area contributed by atoms with Crippen LogP contribution in [-0.4, -0.2) is 8.42 Å². The minimum Gasteiger partial charge on any atom is -0.397 e. The van der Waals surface area contributed by atoms with Crippen LogP contribution >= 0.6 is 27.3 Å². The van der Waals surface area contributed by atoms with Gasteiger partial charge in [-0.15, -0.1) is 11.3 Å². The fourth-order valence-electron chi connectivity index (χ4n) is 1.46. The summed E-state index contributed by atoms with van der Waals surface area (Å²) in [6.45, 7) is 1.80. The number of anilines is 2. The lowest BCUT2D eigenvalue weighted by Gasteiger charge is -2.11. The molecule has 0 fully saturated rings. The van der Waals surface area contributed by atoms with E-state index in [9.17, 15) is 8.42 Å². The van der Waals surface area contributed by atoms with Crippen LogP contribution in [0.25, 0.3) is 0 Å². The number of thiophene rings is 1. The number of nitrogens with one attached hydrogen (secondary N) is 1. The quantitative estimate of drug-likeness (QED) is 0.838. The van der Waals surface area contributed by atoms with Gasteiger partial charge in [0.15, 0.2) is 0 Å². The Kier molecular flexibility index (Phi) is 3.65. The van der Waals surface area contributed by atoms with Gasteiger partial charge in [0, 0.05) is 0 Å². The Morgan fingerprint density at radius 3 is 2.56 bits per heavy atom. The lowest BCUT2D eigenvalue weighted by atomic mass is 10.2. The van der Waals surface area contributed by atoms with Crippen LogP contribution in [0.2, 0.25) is 0 Å².